The second kappa shape index (κ2) is 8.47. The molecule has 0 aliphatic rings. The maximum atomic E-state index is 12.3. The Morgan fingerprint density at radius 2 is 1.96 bits per heavy atom. The van der Waals surface area contributed by atoms with Gasteiger partial charge >= 0.3 is 6.61 Å². The van der Waals surface area contributed by atoms with Crippen molar-refractivity contribution in [3.8, 4) is 11.5 Å². The zero-order valence-corrected chi connectivity index (χ0v) is 13.8. The van der Waals surface area contributed by atoms with Crippen molar-refractivity contribution in [1.29, 1.82) is 0 Å². The molecule has 2 aromatic carbocycles. The minimum absolute atomic E-state index is 0.0369. The Hall–Kier alpha value is -2.15. The Labute approximate surface area is 140 Å². The van der Waals surface area contributed by atoms with Gasteiger partial charge in [0.1, 0.15) is 18.1 Å². The zero-order chi connectivity index (χ0) is 16.7. The molecule has 0 aliphatic carbocycles. The largest absolute Gasteiger partial charge is 0.496 e. The molecule has 0 atom stereocenters. The fraction of sp³-hybridized carbons (Fsp3) is 0.188. The van der Waals surface area contributed by atoms with Gasteiger partial charge in [-0.15, -0.1) is 0 Å². The van der Waals surface area contributed by atoms with E-state index in [1.165, 1.54) is 12.3 Å². The third-order valence-corrected chi connectivity index (χ3v) is 3.36. The molecule has 2 rings (SSSR count). The van der Waals surface area contributed by atoms with Gasteiger partial charge in [-0.2, -0.15) is 8.78 Å². The molecule has 0 bridgehead atoms. The van der Waals surface area contributed by atoms with Crippen LogP contribution in [0.15, 0.2) is 52.1 Å². The number of methoxy groups -OCH3 is 1. The smallest absolute Gasteiger partial charge is 0.387 e. The van der Waals surface area contributed by atoms with E-state index in [4.69, 9.17) is 9.57 Å². The molecule has 0 radical (unpaired) electrons. The minimum Gasteiger partial charge on any atom is -0.496 e. The minimum atomic E-state index is -2.89. The maximum Gasteiger partial charge on any atom is 0.387 e. The number of benzene rings is 2. The highest BCUT2D eigenvalue weighted by molar-refractivity contribution is 9.10. The first-order chi connectivity index (χ1) is 11.1. The molecule has 0 N–H and O–H groups in total. The summed E-state index contributed by atoms with van der Waals surface area (Å²) in [6, 6.07) is 11.8. The van der Waals surface area contributed by atoms with Crippen LogP contribution in [-0.2, 0) is 11.4 Å². The average molecular weight is 386 g/mol. The lowest BCUT2D eigenvalue weighted by Crippen LogP contribution is -2.04. The molecule has 0 aliphatic heterocycles. The number of ether oxygens (including phenoxy) is 2. The summed E-state index contributed by atoms with van der Waals surface area (Å²) in [5.41, 5.74) is 1.20. The molecule has 0 fully saturated rings. The number of oxime groups is 1. The van der Waals surface area contributed by atoms with Crippen molar-refractivity contribution in [2.45, 2.75) is 13.2 Å². The first-order valence-electron chi connectivity index (χ1n) is 6.61. The van der Waals surface area contributed by atoms with Crippen LogP contribution in [-0.4, -0.2) is 19.9 Å². The van der Waals surface area contributed by atoms with Gasteiger partial charge in [0, 0.05) is 15.6 Å². The van der Waals surface area contributed by atoms with Crippen molar-refractivity contribution in [3.05, 3.63) is 58.1 Å². The quantitative estimate of drug-likeness (QED) is 0.516. The standard InChI is InChI=1S/C16H14BrF2NO3/c1-21-14-7-6-13(17)8-12(14)10-22-20-9-11-4-2-3-5-15(11)23-16(18)19/h2-9,16H,10H2,1H3/b20-9+. The summed E-state index contributed by atoms with van der Waals surface area (Å²) in [6.45, 7) is -2.71. The number of hydrogen-bond donors (Lipinski definition) is 0. The highest BCUT2D eigenvalue weighted by Gasteiger charge is 2.08. The molecule has 0 heterocycles. The van der Waals surface area contributed by atoms with Gasteiger partial charge in [0.2, 0.25) is 0 Å². The summed E-state index contributed by atoms with van der Waals surface area (Å²) in [5, 5.41) is 3.79. The number of para-hydroxylation sites is 1. The Kier molecular flexibility index (Phi) is 6.34. The summed E-state index contributed by atoms with van der Waals surface area (Å²) in [7, 11) is 1.56. The van der Waals surface area contributed by atoms with E-state index >= 15 is 0 Å². The highest BCUT2D eigenvalue weighted by atomic mass is 79.9. The monoisotopic (exact) mass is 385 g/mol. The molecule has 4 nitrogen and oxygen atoms in total. The highest BCUT2D eigenvalue weighted by Crippen LogP contribution is 2.24. The third-order valence-electron chi connectivity index (χ3n) is 2.86. The molecular weight excluding hydrogens is 372 g/mol. The van der Waals surface area contributed by atoms with Crippen molar-refractivity contribution in [3.63, 3.8) is 0 Å². The maximum absolute atomic E-state index is 12.3. The second-order valence-electron chi connectivity index (χ2n) is 4.38. The first-order valence-corrected chi connectivity index (χ1v) is 7.41. The van der Waals surface area contributed by atoms with Gasteiger partial charge in [-0.25, -0.2) is 0 Å². The lowest BCUT2D eigenvalue weighted by Gasteiger charge is -2.08. The Bertz CT molecular complexity index is 680. The van der Waals surface area contributed by atoms with Crippen LogP contribution < -0.4 is 9.47 Å². The van der Waals surface area contributed by atoms with Gasteiger partial charge in [-0.3, -0.25) is 0 Å². The van der Waals surface area contributed by atoms with E-state index in [0.29, 0.717) is 11.3 Å². The van der Waals surface area contributed by atoms with Gasteiger partial charge in [0.25, 0.3) is 0 Å². The van der Waals surface area contributed by atoms with Crippen LogP contribution in [0.1, 0.15) is 11.1 Å². The van der Waals surface area contributed by atoms with Gasteiger partial charge in [0.15, 0.2) is 0 Å². The van der Waals surface area contributed by atoms with Gasteiger partial charge in [0.05, 0.1) is 13.3 Å². The molecule has 2 aromatic rings. The van der Waals surface area contributed by atoms with Gasteiger partial charge in [-0.05, 0) is 30.3 Å². The summed E-state index contributed by atoms with van der Waals surface area (Å²) in [5.74, 6) is 0.708. The molecular formula is C16H14BrF2NO3. The topological polar surface area (TPSA) is 40.0 Å². The van der Waals surface area contributed by atoms with E-state index < -0.39 is 6.61 Å². The van der Waals surface area contributed by atoms with Crippen molar-refractivity contribution >= 4 is 22.1 Å². The van der Waals surface area contributed by atoms with Crippen molar-refractivity contribution in [2.24, 2.45) is 5.16 Å². The molecule has 0 saturated carbocycles. The molecule has 0 spiro atoms. The molecule has 23 heavy (non-hydrogen) atoms. The first kappa shape index (κ1) is 17.2. The molecule has 122 valence electrons. The number of rotatable bonds is 7. The van der Waals surface area contributed by atoms with Crippen LogP contribution in [0.2, 0.25) is 0 Å². The van der Waals surface area contributed by atoms with Crippen molar-refractivity contribution in [1.82, 2.24) is 0 Å². The SMILES string of the molecule is COc1ccc(Br)cc1CO/N=C/c1ccccc1OC(F)F. The predicted octanol–water partition coefficient (Wildman–Crippen LogP) is 4.61. The molecule has 0 saturated heterocycles. The summed E-state index contributed by atoms with van der Waals surface area (Å²) in [4.78, 5) is 5.21. The van der Waals surface area contributed by atoms with E-state index in [9.17, 15) is 8.78 Å². The van der Waals surface area contributed by atoms with Crippen LogP contribution >= 0.6 is 15.9 Å². The predicted molar refractivity (Wildman–Crippen MR) is 86.2 cm³/mol. The normalized spacial score (nSPS) is 11.0. The summed E-state index contributed by atoms with van der Waals surface area (Å²) in [6.07, 6.45) is 1.32. The number of halogens is 3. The molecule has 0 amide bonds. The number of alkyl halides is 2. The molecule has 0 unspecified atom stereocenters. The van der Waals surface area contributed by atoms with Gasteiger partial charge < -0.3 is 14.3 Å². The molecule has 7 heteroatoms. The molecule has 0 aromatic heterocycles. The summed E-state index contributed by atoms with van der Waals surface area (Å²) >= 11 is 3.37. The van der Waals surface area contributed by atoms with Crippen LogP contribution in [0.4, 0.5) is 8.78 Å². The second-order valence-corrected chi connectivity index (χ2v) is 5.30. The van der Waals surface area contributed by atoms with Gasteiger partial charge in [-0.1, -0.05) is 33.2 Å². The lowest BCUT2D eigenvalue weighted by molar-refractivity contribution is -0.0499. The van der Waals surface area contributed by atoms with Crippen LogP contribution in [0, 0.1) is 0 Å². The van der Waals surface area contributed by atoms with Crippen LogP contribution in [0.5, 0.6) is 11.5 Å². The Balaban J connectivity index is 2.02. The summed E-state index contributed by atoms with van der Waals surface area (Å²) < 4.78 is 35.1. The number of hydrogen-bond acceptors (Lipinski definition) is 4. The lowest BCUT2D eigenvalue weighted by atomic mass is 10.2. The third kappa shape index (κ3) is 5.21. The zero-order valence-electron chi connectivity index (χ0n) is 12.2. The van der Waals surface area contributed by atoms with Crippen LogP contribution in [0.25, 0.3) is 0 Å². The Morgan fingerprint density at radius 3 is 2.70 bits per heavy atom. The van der Waals surface area contributed by atoms with Crippen LogP contribution in [0.3, 0.4) is 0 Å². The van der Waals surface area contributed by atoms with E-state index in [0.717, 1.165) is 10.0 Å². The van der Waals surface area contributed by atoms with E-state index in [1.807, 2.05) is 12.1 Å². The number of nitrogens with zero attached hydrogens (tertiary/aromatic N) is 1. The van der Waals surface area contributed by atoms with E-state index in [-0.39, 0.29) is 12.4 Å². The van der Waals surface area contributed by atoms with E-state index in [2.05, 4.69) is 25.8 Å². The fourth-order valence-electron chi connectivity index (χ4n) is 1.85. The average Bonchev–Trinajstić information content (AvgIpc) is 2.52. The van der Waals surface area contributed by atoms with Crippen molar-refractivity contribution < 1.29 is 23.1 Å². The van der Waals surface area contributed by atoms with Crippen molar-refractivity contribution in [2.75, 3.05) is 7.11 Å². The van der Waals surface area contributed by atoms with E-state index in [1.54, 1.807) is 31.4 Å². The Morgan fingerprint density at radius 1 is 1.17 bits per heavy atom. The fourth-order valence-corrected chi connectivity index (χ4v) is 2.26.